The summed E-state index contributed by atoms with van der Waals surface area (Å²) >= 11 is 1.04. The number of aromatic nitrogens is 2. The van der Waals surface area contributed by atoms with Gasteiger partial charge in [-0.3, -0.25) is 9.48 Å². The van der Waals surface area contributed by atoms with Crippen LogP contribution in [0.2, 0.25) is 0 Å². The van der Waals surface area contributed by atoms with E-state index in [2.05, 4.69) is 10.4 Å². The van der Waals surface area contributed by atoms with Gasteiger partial charge in [0.05, 0.1) is 6.54 Å². The summed E-state index contributed by atoms with van der Waals surface area (Å²) in [4.78, 5) is 12.6. The van der Waals surface area contributed by atoms with Crippen molar-refractivity contribution in [3.8, 4) is 0 Å². The summed E-state index contributed by atoms with van der Waals surface area (Å²) in [5.74, 6) is -0.195. The largest absolute Gasteiger partial charge is 0.349 e. The number of carbonyl (C=O) groups is 1. The molecule has 0 aliphatic rings. The Morgan fingerprint density at radius 1 is 1.55 bits per heavy atom. The Hall–Kier alpha value is -1.71. The van der Waals surface area contributed by atoms with Gasteiger partial charge >= 0.3 is 0 Å². The number of carbonyl (C=O) groups excluding carboxylic acids is 1. The molecule has 0 saturated heterocycles. The Balaban J connectivity index is 1.95. The van der Waals surface area contributed by atoms with Gasteiger partial charge < -0.3 is 5.32 Å². The molecule has 0 aliphatic carbocycles. The van der Waals surface area contributed by atoms with Crippen LogP contribution in [0.3, 0.4) is 0 Å². The lowest BCUT2D eigenvalue weighted by Gasteiger charge is -2.11. The van der Waals surface area contributed by atoms with Crippen LogP contribution in [-0.2, 0) is 21.4 Å². The van der Waals surface area contributed by atoms with Crippen molar-refractivity contribution in [3.63, 3.8) is 0 Å². The second-order valence-electron chi connectivity index (χ2n) is 4.15. The zero-order valence-electron chi connectivity index (χ0n) is 10.7. The van der Waals surface area contributed by atoms with Crippen molar-refractivity contribution in [3.05, 3.63) is 35.5 Å². The van der Waals surface area contributed by atoms with Gasteiger partial charge in [-0.15, -0.1) is 11.3 Å². The summed E-state index contributed by atoms with van der Waals surface area (Å²) < 4.78 is 23.9. The SMILES string of the molecule is CC(C(=O)NCc1ccc(S(N)(=O)=O)s1)n1cccn1. The number of primary sulfonamides is 1. The lowest BCUT2D eigenvalue weighted by Crippen LogP contribution is -2.30. The maximum Gasteiger partial charge on any atom is 0.247 e. The average Bonchev–Trinajstić information content (AvgIpc) is 3.04. The summed E-state index contributed by atoms with van der Waals surface area (Å²) in [7, 11) is -3.68. The highest BCUT2D eigenvalue weighted by molar-refractivity contribution is 7.91. The first-order chi connectivity index (χ1) is 9.38. The molecule has 9 heteroatoms. The standard InChI is InChI=1S/C11H14N4O3S2/c1-8(15-6-2-5-14-15)11(16)13-7-9-3-4-10(19-9)20(12,17)18/h2-6,8H,7H2,1H3,(H,13,16)(H2,12,17,18). The van der Waals surface area contributed by atoms with E-state index in [0.29, 0.717) is 0 Å². The molecule has 1 atom stereocenters. The third-order valence-electron chi connectivity index (χ3n) is 2.66. The molecule has 0 aliphatic heterocycles. The van der Waals surface area contributed by atoms with E-state index in [1.807, 2.05) is 0 Å². The quantitative estimate of drug-likeness (QED) is 0.836. The van der Waals surface area contributed by atoms with E-state index in [9.17, 15) is 13.2 Å². The Bertz CT molecular complexity index is 691. The Morgan fingerprint density at radius 2 is 2.30 bits per heavy atom. The highest BCUT2D eigenvalue weighted by Gasteiger charge is 2.16. The molecule has 2 heterocycles. The van der Waals surface area contributed by atoms with Crippen molar-refractivity contribution in [1.82, 2.24) is 15.1 Å². The minimum atomic E-state index is -3.68. The van der Waals surface area contributed by atoms with Crippen molar-refractivity contribution in [2.75, 3.05) is 0 Å². The lowest BCUT2D eigenvalue weighted by atomic mass is 10.3. The molecule has 7 nitrogen and oxygen atoms in total. The van der Waals surface area contributed by atoms with Gasteiger partial charge in [-0.2, -0.15) is 5.10 Å². The average molecular weight is 314 g/mol. The molecular formula is C11H14N4O3S2. The minimum absolute atomic E-state index is 0.0851. The fraction of sp³-hybridized carbons (Fsp3) is 0.273. The molecule has 1 unspecified atom stereocenters. The van der Waals surface area contributed by atoms with E-state index in [-0.39, 0.29) is 16.7 Å². The highest BCUT2D eigenvalue weighted by Crippen LogP contribution is 2.20. The molecular weight excluding hydrogens is 300 g/mol. The van der Waals surface area contributed by atoms with Gasteiger partial charge in [0.1, 0.15) is 10.3 Å². The maximum absolute atomic E-state index is 11.9. The van der Waals surface area contributed by atoms with Crippen LogP contribution in [0.1, 0.15) is 17.8 Å². The van der Waals surface area contributed by atoms with Gasteiger partial charge in [-0.05, 0) is 25.1 Å². The topological polar surface area (TPSA) is 107 Å². The molecule has 0 aromatic carbocycles. The van der Waals surface area contributed by atoms with Crippen molar-refractivity contribution < 1.29 is 13.2 Å². The second-order valence-corrected chi connectivity index (χ2v) is 7.10. The highest BCUT2D eigenvalue weighted by atomic mass is 32.2. The summed E-state index contributed by atoms with van der Waals surface area (Å²) in [6, 6.07) is 4.37. The fourth-order valence-electron chi connectivity index (χ4n) is 1.56. The normalized spacial score (nSPS) is 13.1. The zero-order valence-corrected chi connectivity index (χ0v) is 12.3. The van der Waals surface area contributed by atoms with Crippen LogP contribution >= 0.6 is 11.3 Å². The third kappa shape index (κ3) is 3.44. The Labute approximate surface area is 120 Å². The van der Waals surface area contributed by atoms with Gasteiger partial charge in [-0.25, -0.2) is 13.6 Å². The van der Waals surface area contributed by atoms with E-state index < -0.39 is 16.1 Å². The summed E-state index contributed by atoms with van der Waals surface area (Å²) in [6.07, 6.45) is 3.30. The van der Waals surface area contributed by atoms with Gasteiger partial charge in [-0.1, -0.05) is 0 Å². The molecule has 0 bridgehead atoms. The number of rotatable bonds is 5. The zero-order chi connectivity index (χ0) is 14.8. The first-order valence-electron chi connectivity index (χ1n) is 5.76. The second kappa shape index (κ2) is 5.73. The molecule has 0 radical (unpaired) electrons. The van der Waals surface area contributed by atoms with Crippen molar-refractivity contribution in [2.24, 2.45) is 5.14 Å². The number of amides is 1. The number of nitrogens with two attached hydrogens (primary N) is 1. The van der Waals surface area contributed by atoms with Crippen LogP contribution < -0.4 is 10.5 Å². The van der Waals surface area contributed by atoms with Gasteiger partial charge in [0, 0.05) is 17.3 Å². The molecule has 0 saturated carbocycles. The van der Waals surface area contributed by atoms with Gasteiger partial charge in [0.2, 0.25) is 15.9 Å². The lowest BCUT2D eigenvalue weighted by molar-refractivity contribution is -0.124. The first-order valence-corrected chi connectivity index (χ1v) is 8.12. The third-order valence-corrected chi connectivity index (χ3v) is 5.18. The van der Waals surface area contributed by atoms with Crippen LogP contribution in [0.25, 0.3) is 0 Å². The number of hydrogen-bond acceptors (Lipinski definition) is 5. The number of hydrogen-bond donors (Lipinski definition) is 2. The monoisotopic (exact) mass is 314 g/mol. The van der Waals surface area contributed by atoms with E-state index in [1.165, 1.54) is 6.07 Å². The van der Waals surface area contributed by atoms with Crippen molar-refractivity contribution >= 4 is 27.3 Å². The molecule has 3 N–H and O–H groups in total. The summed E-state index contributed by atoms with van der Waals surface area (Å²) in [5, 5.41) is 11.7. The van der Waals surface area contributed by atoms with Crippen molar-refractivity contribution in [2.45, 2.75) is 23.7 Å². The van der Waals surface area contributed by atoms with Crippen LogP contribution in [-0.4, -0.2) is 24.1 Å². The summed E-state index contributed by atoms with van der Waals surface area (Å²) in [6.45, 7) is 1.98. The number of nitrogens with one attached hydrogen (secondary N) is 1. The Morgan fingerprint density at radius 3 is 2.85 bits per heavy atom. The fourth-order valence-corrected chi connectivity index (χ4v) is 3.28. The number of thiophene rings is 1. The molecule has 20 heavy (non-hydrogen) atoms. The van der Waals surface area contributed by atoms with Crippen molar-refractivity contribution in [1.29, 1.82) is 0 Å². The number of nitrogens with zero attached hydrogens (tertiary/aromatic N) is 2. The van der Waals surface area contributed by atoms with E-state index in [1.54, 1.807) is 36.1 Å². The molecule has 2 aromatic rings. The molecule has 1 amide bonds. The van der Waals surface area contributed by atoms with Gasteiger partial charge in [0.15, 0.2) is 0 Å². The predicted octanol–water partition coefficient (Wildman–Crippen LogP) is 0.469. The molecule has 2 rings (SSSR count). The molecule has 2 aromatic heterocycles. The van der Waals surface area contributed by atoms with Crippen LogP contribution in [0.15, 0.2) is 34.8 Å². The maximum atomic E-state index is 11.9. The molecule has 108 valence electrons. The van der Waals surface area contributed by atoms with E-state index in [4.69, 9.17) is 5.14 Å². The van der Waals surface area contributed by atoms with Crippen LogP contribution in [0.5, 0.6) is 0 Å². The number of sulfonamides is 1. The summed E-state index contributed by atoms with van der Waals surface area (Å²) in [5.41, 5.74) is 0. The van der Waals surface area contributed by atoms with Gasteiger partial charge in [0.25, 0.3) is 0 Å². The van der Waals surface area contributed by atoms with E-state index >= 15 is 0 Å². The minimum Gasteiger partial charge on any atom is -0.349 e. The molecule has 0 spiro atoms. The smallest absolute Gasteiger partial charge is 0.247 e. The predicted molar refractivity (Wildman–Crippen MR) is 74.5 cm³/mol. The van der Waals surface area contributed by atoms with Crippen LogP contribution in [0, 0.1) is 0 Å². The Kier molecular flexibility index (Phi) is 4.21. The van der Waals surface area contributed by atoms with E-state index in [0.717, 1.165) is 16.2 Å². The molecule has 0 fully saturated rings. The van der Waals surface area contributed by atoms with Crippen LogP contribution in [0.4, 0.5) is 0 Å². The first kappa shape index (κ1) is 14.7.